The van der Waals surface area contributed by atoms with Gasteiger partial charge in [0.1, 0.15) is 5.82 Å². The number of carbonyl (C=O) groups excluding carboxylic acids is 1. The van der Waals surface area contributed by atoms with E-state index < -0.39 is 23.4 Å². The van der Waals surface area contributed by atoms with Gasteiger partial charge in [-0.1, -0.05) is 31.5 Å². The fourth-order valence-corrected chi connectivity index (χ4v) is 3.42. The van der Waals surface area contributed by atoms with Crippen molar-refractivity contribution in [3.8, 4) is 0 Å². The molecule has 0 unspecified atom stereocenters. The Bertz CT molecular complexity index is 1100. The zero-order chi connectivity index (χ0) is 20.4. The number of hydrogen-bond donors (Lipinski definition) is 2. The number of fused-ring (bicyclic) bond motifs is 1. The number of carboxylic acids is 1. The molecule has 0 saturated heterocycles. The lowest BCUT2D eigenvalue weighted by molar-refractivity contribution is 0.0686. The number of carboxylic acid groups (broad SMARTS) is 1. The Kier molecular flexibility index (Phi) is 5.61. The van der Waals surface area contributed by atoms with Gasteiger partial charge in [0.25, 0.3) is 5.91 Å². The lowest BCUT2D eigenvalue weighted by atomic mass is 10.0. The van der Waals surface area contributed by atoms with Crippen LogP contribution in [0.4, 0.5) is 10.1 Å². The van der Waals surface area contributed by atoms with Crippen LogP contribution in [0.15, 0.2) is 36.4 Å². The fraction of sp³-hybridized carbons (Fsp3) is 0.190. The first kappa shape index (κ1) is 19.8. The normalized spacial score (nSPS) is 10.9. The number of amides is 1. The molecule has 1 amide bonds. The molecule has 0 spiro atoms. The molecule has 0 atom stereocenters. The van der Waals surface area contributed by atoms with Crippen molar-refractivity contribution in [2.24, 2.45) is 0 Å². The number of aromatic nitrogens is 1. The minimum Gasteiger partial charge on any atom is -0.476 e. The predicted molar refractivity (Wildman–Crippen MR) is 107 cm³/mol. The van der Waals surface area contributed by atoms with E-state index in [9.17, 15) is 19.1 Å². The standard InChI is InChI=1S/C21H18ClFN2O3/c1-3-11-6-8-16(22)14(4-2)18(11)25-20(26)15-9-12-5-7-13(23)10-17(12)24-19(15)21(27)28/h5-10H,3-4H2,1-2H3,(H,25,26)(H,27,28). The van der Waals surface area contributed by atoms with Gasteiger partial charge in [-0.3, -0.25) is 4.79 Å². The fourth-order valence-electron chi connectivity index (χ4n) is 3.12. The largest absolute Gasteiger partial charge is 0.476 e. The van der Waals surface area contributed by atoms with Crippen molar-refractivity contribution in [3.63, 3.8) is 0 Å². The zero-order valence-corrected chi connectivity index (χ0v) is 16.1. The van der Waals surface area contributed by atoms with Gasteiger partial charge >= 0.3 is 5.97 Å². The maximum absolute atomic E-state index is 13.4. The third kappa shape index (κ3) is 3.68. The average molecular weight is 401 g/mol. The molecular weight excluding hydrogens is 383 g/mol. The summed E-state index contributed by atoms with van der Waals surface area (Å²) in [6, 6.07) is 8.83. The Balaban J connectivity index is 2.12. The highest BCUT2D eigenvalue weighted by Gasteiger charge is 2.22. The van der Waals surface area contributed by atoms with E-state index in [1.165, 1.54) is 18.2 Å². The Morgan fingerprint density at radius 1 is 1.14 bits per heavy atom. The van der Waals surface area contributed by atoms with E-state index in [1.54, 1.807) is 6.07 Å². The van der Waals surface area contributed by atoms with E-state index in [0.29, 0.717) is 28.9 Å². The quantitative estimate of drug-likeness (QED) is 0.624. The molecule has 28 heavy (non-hydrogen) atoms. The predicted octanol–water partition coefficient (Wildman–Crippen LogP) is 5.10. The Hall–Kier alpha value is -2.99. The molecular formula is C21H18ClFN2O3. The van der Waals surface area contributed by atoms with Gasteiger partial charge in [0.2, 0.25) is 0 Å². The minimum absolute atomic E-state index is 0.101. The lowest BCUT2D eigenvalue weighted by Gasteiger charge is -2.16. The van der Waals surface area contributed by atoms with Crippen LogP contribution >= 0.6 is 11.6 Å². The van der Waals surface area contributed by atoms with Crippen LogP contribution in [-0.4, -0.2) is 22.0 Å². The van der Waals surface area contributed by atoms with Gasteiger partial charge in [-0.05, 0) is 48.2 Å². The van der Waals surface area contributed by atoms with Gasteiger partial charge in [0, 0.05) is 22.2 Å². The van der Waals surface area contributed by atoms with Crippen molar-refractivity contribution in [1.82, 2.24) is 4.98 Å². The monoisotopic (exact) mass is 400 g/mol. The number of benzene rings is 2. The van der Waals surface area contributed by atoms with Gasteiger partial charge in [-0.2, -0.15) is 0 Å². The van der Waals surface area contributed by atoms with E-state index in [4.69, 9.17) is 11.6 Å². The highest BCUT2D eigenvalue weighted by molar-refractivity contribution is 6.32. The number of aryl methyl sites for hydroxylation is 1. The summed E-state index contributed by atoms with van der Waals surface area (Å²) < 4.78 is 13.4. The van der Waals surface area contributed by atoms with Crippen molar-refractivity contribution in [2.45, 2.75) is 26.7 Å². The highest BCUT2D eigenvalue weighted by atomic mass is 35.5. The summed E-state index contributed by atoms with van der Waals surface area (Å²) in [5.41, 5.74) is 1.88. The third-order valence-electron chi connectivity index (χ3n) is 4.54. The molecule has 7 heteroatoms. The van der Waals surface area contributed by atoms with Crippen LogP contribution in [-0.2, 0) is 12.8 Å². The molecule has 0 aliphatic rings. The molecule has 2 N–H and O–H groups in total. The molecule has 5 nitrogen and oxygen atoms in total. The smallest absolute Gasteiger partial charge is 0.355 e. The van der Waals surface area contributed by atoms with E-state index in [0.717, 1.165) is 17.2 Å². The van der Waals surface area contributed by atoms with E-state index in [2.05, 4.69) is 10.3 Å². The first-order valence-electron chi connectivity index (χ1n) is 8.80. The molecule has 0 radical (unpaired) electrons. The number of halogens is 2. The van der Waals surface area contributed by atoms with E-state index in [1.807, 2.05) is 19.9 Å². The second kappa shape index (κ2) is 7.94. The number of hydrogen-bond acceptors (Lipinski definition) is 3. The number of carbonyl (C=O) groups is 2. The first-order chi connectivity index (χ1) is 13.3. The average Bonchev–Trinajstić information content (AvgIpc) is 2.67. The summed E-state index contributed by atoms with van der Waals surface area (Å²) in [6.45, 7) is 3.87. The molecule has 0 aliphatic heterocycles. The third-order valence-corrected chi connectivity index (χ3v) is 4.90. The van der Waals surface area contributed by atoms with Crippen LogP contribution in [0.25, 0.3) is 10.9 Å². The van der Waals surface area contributed by atoms with Crippen LogP contribution < -0.4 is 5.32 Å². The Morgan fingerprint density at radius 2 is 1.89 bits per heavy atom. The maximum atomic E-state index is 13.4. The Morgan fingerprint density at radius 3 is 2.54 bits per heavy atom. The summed E-state index contributed by atoms with van der Waals surface area (Å²) >= 11 is 6.27. The summed E-state index contributed by atoms with van der Waals surface area (Å²) in [6.07, 6.45) is 1.27. The SMILES string of the molecule is CCc1ccc(Cl)c(CC)c1NC(=O)c1cc2ccc(F)cc2nc1C(=O)O. The highest BCUT2D eigenvalue weighted by Crippen LogP contribution is 2.30. The molecule has 0 saturated carbocycles. The molecule has 2 aromatic carbocycles. The number of aromatic carboxylic acids is 1. The maximum Gasteiger partial charge on any atom is 0.355 e. The summed E-state index contributed by atoms with van der Waals surface area (Å²) in [5, 5.41) is 13.3. The van der Waals surface area contributed by atoms with Crippen molar-refractivity contribution < 1.29 is 19.1 Å². The number of anilines is 1. The van der Waals surface area contributed by atoms with Crippen LogP contribution in [0.5, 0.6) is 0 Å². The molecule has 0 fully saturated rings. The summed E-state index contributed by atoms with van der Waals surface area (Å²) in [4.78, 5) is 28.6. The molecule has 0 bridgehead atoms. The topological polar surface area (TPSA) is 79.3 Å². The van der Waals surface area contributed by atoms with Gasteiger partial charge in [-0.25, -0.2) is 14.2 Å². The van der Waals surface area contributed by atoms with E-state index in [-0.39, 0.29) is 11.1 Å². The van der Waals surface area contributed by atoms with Gasteiger partial charge in [0.05, 0.1) is 11.1 Å². The van der Waals surface area contributed by atoms with Gasteiger partial charge < -0.3 is 10.4 Å². The van der Waals surface area contributed by atoms with Crippen LogP contribution in [0, 0.1) is 5.82 Å². The van der Waals surface area contributed by atoms with Crippen molar-refractivity contribution >= 4 is 40.1 Å². The van der Waals surface area contributed by atoms with Crippen LogP contribution in [0.2, 0.25) is 5.02 Å². The first-order valence-corrected chi connectivity index (χ1v) is 9.18. The molecule has 144 valence electrons. The number of rotatable bonds is 5. The van der Waals surface area contributed by atoms with Crippen molar-refractivity contribution in [3.05, 3.63) is 69.6 Å². The lowest BCUT2D eigenvalue weighted by Crippen LogP contribution is -2.19. The zero-order valence-electron chi connectivity index (χ0n) is 15.3. The summed E-state index contributed by atoms with van der Waals surface area (Å²) in [7, 11) is 0. The summed E-state index contributed by atoms with van der Waals surface area (Å²) in [5.74, 6) is -2.51. The number of pyridine rings is 1. The second-order valence-electron chi connectivity index (χ2n) is 6.25. The van der Waals surface area contributed by atoms with Crippen LogP contribution in [0.3, 0.4) is 0 Å². The molecule has 1 aromatic heterocycles. The number of nitrogens with zero attached hydrogens (tertiary/aromatic N) is 1. The molecule has 3 aromatic rings. The van der Waals surface area contributed by atoms with Gasteiger partial charge in [0.15, 0.2) is 5.69 Å². The van der Waals surface area contributed by atoms with Crippen LogP contribution in [0.1, 0.15) is 45.8 Å². The molecule has 1 heterocycles. The van der Waals surface area contributed by atoms with Crippen molar-refractivity contribution in [2.75, 3.05) is 5.32 Å². The van der Waals surface area contributed by atoms with E-state index >= 15 is 0 Å². The minimum atomic E-state index is -1.37. The van der Waals surface area contributed by atoms with Gasteiger partial charge in [-0.15, -0.1) is 0 Å². The molecule has 0 aliphatic carbocycles. The van der Waals surface area contributed by atoms with Crippen molar-refractivity contribution in [1.29, 1.82) is 0 Å². The number of nitrogens with one attached hydrogen (secondary N) is 1. The second-order valence-corrected chi connectivity index (χ2v) is 6.66. The Labute approximate surface area is 166 Å². The molecule has 3 rings (SSSR count).